The topological polar surface area (TPSA) is 26.3 Å². The van der Waals surface area contributed by atoms with Crippen LogP contribution in [-0.2, 0) is 15.7 Å². The van der Waals surface area contributed by atoms with Gasteiger partial charge in [-0.05, 0) is 30.2 Å². The van der Waals surface area contributed by atoms with Crippen molar-refractivity contribution in [1.82, 2.24) is 0 Å². The number of rotatable bonds is 4. The Morgan fingerprint density at radius 3 is 2.00 bits per heavy atom. The third kappa shape index (κ3) is 4.22. The number of ether oxygens (including phenoxy) is 1. The van der Waals surface area contributed by atoms with Crippen molar-refractivity contribution in [2.75, 3.05) is 0 Å². The van der Waals surface area contributed by atoms with Crippen molar-refractivity contribution < 1.29 is 22.7 Å². The van der Waals surface area contributed by atoms with Gasteiger partial charge in [0.2, 0.25) is 0 Å². The van der Waals surface area contributed by atoms with Crippen LogP contribution in [-0.4, -0.2) is 5.97 Å². The van der Waals surface area contributed by atoms with Gasteiger partial charge in [0.1, 0.15) is 0 Å². The first-order valence-electron chi connectivity index (χ1n) is 6.87. The third-order valence-electron chi connectivity index (χ3n) is 3.22. The summed E-state index contributed by atoms with van der Waals surface area (Å²) in [7, 11) is 0. The fourth-order valence-electron chi connectivity index (χ4n) is 2.01. The standard InChI is InChI=1S/C18H15F3O2/c1-12(2)17(22)23-16(13-6-4-3-5-7-13)14-8-10-15(11-9-14)18(19,20)21/h3-11,16H,1H2,2H3. The lowest BCUT2D eigenvalue weighted by molar-refractivity contribution is -0.143. The predicted molar refractivity (Wildman–Crippen MR) is 80.6 cm³/mol. The molecule has 0 N–H and O–H groups in total. The Morgan fingerprint density at radius 2 is 1.52 bits per heavy atom. The molecule has 120 valence electrons. The normalized spacial score (nSPS) is 12.5. The Labute approximate surface area is 132 Å². The van der Waals surface area contributed by atoms with E-state index in [0.717, 1.165) is 12.1 Å². The van der Waals surface area contributed by atoms with Crippen LogP contribution in [0.2, 0.25) is 0 Å². The van der Waals surface area contributed by atoms with Crippen LogP contribution in [0.5, 0.6) is 0 Å². The van der Waals surface area contributed by atoms with Crippen molar-refractivity contribution in [3.8, 4) is 0 Å². The van der Waals surface area contributed by atoms with Crippen LogP contribution in [0.3, 0.4) is 0 Å². The molecule has 5 heteroatoms. The van der Waals surface area contributed by atoms with Gasteiger partial charge in [0.25, 0.3) is 0 Å². The van der Waals surface area contributed by atoms with E-state index in [9.17, 15) is 18.0 Å². The molecule has 23 heavy (non-hydrogen) atoms. The molecule has 0 amide bonds. The highest BCUT2D eigenvalue weighted by Gasteiger charge is 2.30. The average Bonchev–Trinajstić information content (AvgIpc) is 2.52. The molecule has 0 spiro atoms. The maximum atomic E-state index is 12.7. The molecule has 2 rings (SSSR count). The van der Waals surface area contributed by atoms with E-state index >= 15 is 0 Å². The maximum absolute atomic E-state index is 12.7. The van der Waals surface area contributed by atoms with Gasteiger partial charge in [0.05, 0.1) is 5.56 Å². The van der Waals surface area contributed by atoms with Gasteiger partial charge in [0, 0.05) is 5.57 Å². The van der Waals surface area contributed by atoms with Crippen LogP contribution >= 0.6 is 0 Å². The molecule has 0 heterocycles. The smallest absolute Gasteiger partial charge is 0.416 e. The monoisotopic (exact) mass is 320 g/mol. The van der Waals surface area contributed by atoms with Crippen molar-refractivity contribution in [2.45, 2.75) is 19.2 Å². The van der Waals surface area contributed by atoms with E-state index in [2.05, 4.69) is 6.58 Å². The van der Waals surface area contributed by atoms with E-state index < -0.39 is 23.8 Å². The lowest BCUT2D eigenvalue weighted by atomic mass is 10.00. The number of carbonyl (C=O) groups is 1. The highest BCUT2D eigenvalue weighted by Crippen LogP contribution is 2.32. The lowest BCUT2D eigenvalue weighted by Gasteiger charge is -2.19. The summed E-state index contributed by atoms with van der Waals surface area (Å²) in [5.74, 6) is -0.598. The van der Waals surface area contributed by atoms with Crippen LogP contribution in [0.15, 0.2) is 66.7 Å². The number of alkyl halides is 3. The van der Waals surface area contributed by atoms with E-state index in [1.807, 2.05) is 0 Å². The third-order valence-corrected chi connectivity index (χ3v) is 3.22. The van der Waals surface area contributed by atoms with Gasteiger partial charge in [0.15, 0.2) is 6.10 Å². The van der Waals surface area contributed by atoms with Crippen molar-refractivity contribution in [3.05, 3.63) is 83.4 Å². The van der Waals surface area contributed by atoms with Crippen molar-refractivity contribution in [2.24, 2.45) is 0 Å². The molecule has 0 aromatic heterocycles. The highest BCUT2D eigenvalue weighted by molar-refractivity contribution is 5.87. The van der Waals surface area contributed by atoms with Crippen molar-refractivity contribution in [3.63, 3.8) is 0 Å². The number of hydrogen-bond acceptors (Lipinski definition) is 2. The van der Waals surface area contributed by atoms with E-state index in [1.54, 1.807) is 30.3 Å². The first-order chi connectivity index (χ1) is 10.8. The van der Waals surface area contributed by atoms with E-state index in [-0.39, 0.29) is 5.57 Å². The van der Waals surface area contributed by atoms with Gasteiger partial charge in [-0.1, -0.05) is 49.0 Å². The Bertz CT molecular complexity index is 688. The number of carbonyl (C=O) groups excluding carboxylic acids is 1. The van der Waals surface area contributed by atoms with E-state index in [1.165, 1.54) is 19.1 Å². The summed E-state index contributed by atoms with van der Waals surface area (Å²) in [6.07, 6.45) is -5.20. The van der Waals surface area contributed by atoms with E-state index in [4.69, 9.17) is 4.74 Å². The molecule has 0 fully saturated rings. The first-order valence-corrected chi connectivity index (χ1v) is 6.87. The molecule has 2 aromatic carbocycles. The van der Waals surface area contributed by atoms with Crippen LogP contribution in [0.25, 0.3) is 0 Å². The molecule has 2 aromatic rings. The van der Waals surface area contributed by atoms with Gasteiger partial charge >= 0.3 is 12.1 Å². The fourth-order valence-corrected chi connectivity index (χ4v) is 2.01. The number of halogens is 3. The van der Waals surface area contributed by atoms with E-state index in [0.29, 0.717) is 11.1 Å². The van der Waals surface area contributed by atoms with Crippen molar-refractivity contribution in [1.29, 1.82) is 0 Å². The summed E-state index contributed by atoms with van der Waals surface area (Å²) in [5.41, 5.74) is 0.595. The summed E-state index contributed by atoms with van der Waals surface area (Å²) in [5, 5.41) is 0. The first kappa shape index (κ1) is 16.8. The average molecular weight is 320 g/mol. The van der Waals surface area contributed by atoms with Gasteiger partial charge in [-0.15, -0.1) is 0 Å². The zero-order chi connectivity index (χ0) is 17.0. The molecule has 0 saturated heterocycles. The van der Waals surface area contributed by atoms with Crippen LogP contribution in [0.1, 0.15) is 29.7 Å². The predicted octanol–water partition coefficient (Wildman–Crippen LogP) is 4.91. The fraction of sp³-hybridized carbons (Fsp3) is 0.167. The van der Waals surface area contributed by atoms with Crippen LogP contribution in [0, 0.1) is 0 Å². The van der Waals surface area contributed by atoms with Crippen molar-refractivity contribution >= 4 is 5.97 Å². The molecule has 1 atom stereocenters. The number of hydrogen-bond donors (Lipinski definition) is 0. The second-order valence-corrected chi connectivity index (χ2v) is 5.10. The summed E-state index contributed by atoms with van der Waals surface area (Å²) in [4.78, 5) is 11.8. The minimum Gasteiger partial charge on any atom is -0.449 e. The lowest BCUT2D eigenvalue weighted by Crippen LogP contribution is -2.13. The zero-order valence-electron chi connectivity index (χ0n) is 12.4. The van der Waals surface area contributed by atoms with Gasteiger partial charge in [-0.25, -0.2) is 4.79 Å². The van der Waals surface area contributed by atoms with Crippen LogP contribution < -0.4 is 0 Å². The molecule has 0 bridgehead atoms. The molecular formula is C18H15F3O2. The second-order valence-electron chi connectivity index (χ2n) is 5.10. The molecule has 0 aliphatic heterocycles. The SMILES string of the molecule is C=C(C)C(=O)OC(c1ccccc1)c1ccc(C(F)(F)F)cc1. The maximum Gasteiger partial charge on any atom is 0.416 e. The Hall–Kier alpha value is -2.56. The molecular weight excluding hydrogens is 305 g/mol. The Balaban J connectivity index is 2.37. The molecule has 0 aliphatic rings. The van der Waals surface area contributed by atoms with Crippen LogP contribution in [0.4, 0.5) is 13.2 Å². The second kappa shape index (κ2) is 6.69. The largest absolute Gasteiger partial charge is 0.449 e. The van der Waals surface area contributed by atoms with Gasteiger partial charge in [-0.3, -0.25) is 0 Å². The Kier molecular flexibility index (Phi) is 4.89. The van der Waals surface area contributed by atoms with Gasteiger partial charge < -0.3 is 4.74 Å². The molecule has 0 radical (unpaired) electrons. The number of esters is 1. The molecule has 2 nitrogen and oxygen atoms in total. The quantitative estimate of drug-likeness (QED) is 0.591. The highest BCUT2D eigenvalue weighted by atomic mass is 19.4. The summed E-state index contributed by atoms with van der Waals surface area (Å²) in [6.45, 7) is 5.03. The summed E-state index contributed by atoms with van der Waals surface area (Å²) in [6, 6.07) is 13.4. The zero-order valence-corrected chi connectivity index (χ0v) is 12.4. The Morgan fingerprint density at radius 1 is 1.00 bits per heavy atom. The number of benzene rings is 2. The summed E-state index contributed by atoms with van der Waals surface area (Å²) >= 11 is 0. The molecule has 1 unspecified atom stereocenters. The molecule has 0 aliphatic carbocycles. The molecule has 0 saturated carbocycles. The minimum atomic E-state index is -4.41. The summed E-state index contributed by atoms with van der Waals surface area (Å²) < 4.78 is 43.4. The minimum absolute atomic E-state index is 0.220. The van der Waals surface area contributed by atoms with Gasteiger partial charge in [-0.2, -0.15) is 13.2 Å².